The van der Waals surface area contributed by atoms with Crippen LogP contribution in [0.2, 0.25) is 0 Å². The number of halogens is 3. The van der Waals surface area contributed by atoms with Crippen molar-refractivity contribution in [1.82, 2.24) is 14.4 Å². The summed E-state index contributed by atoms with van der Waals surface area (Å²) in [5.41, 5.74) is 2.01. The van der Waals surface area contributed by atoms with Crippen LogP contribution in [-0.2, 0) is 0 Å². The molecule has 4 nitrogen and oxygen atoms in total. The first kappa shape index (κ1) is 12.5. The number of ether oxygens (including phenoxy) is 1. The molecule has 0 radical (unpaired) electrons. The summed E-state index contributed by atoms with van der Waals surface area (Å²) in [4.78, 5) is 8.29. The highest BCUT2D eigenvalue weighted by molar-refractivity contribution is 5.62. The van der Waals surface area contributed by atoms with E-state index in [2.05, 4.69) is 14.7 Å². The molecule has 102 valence electrons. The molecule has 2 heterocycles. The standard InChI is InChI=1S/C13H8F3N3O/c14-13(15,16)20-10-3-1-9(2-4-10)11-5-6-19-8-17-7-12(19)18-11/h1-8H. The van der Waals surface area contributed by atoms with Gasteiger partial charge in [-0.25, -0.2) is 9.97 Å². The fourth-order valence-electron chi connectivity index (χ4n) is 1.80. The van der Waals surface area contributed by atoms with Gasteiger partial charge in [-0.05, 0) is 30.3 Å². The summed E-state index contributed by atoms with van der Waals surface area (Å²) in [7, 11) is 0. The molecule has 0 aliphatic rings. The van der Waals surface area contributed by atoms with Crippen LogP contribution in [-0.4, -0.2) is 20.7 Å². The molecule has 0 N–H and O–H groups in total. The van der Waals surface area contributed by atoms with Crippen LogP contribution in [0.4, 0.5) is 13.2 Å². The molecule has 7 heteroatoms. The predicted octanol–water partition coefficient (Wildman–Crippen LogP) is 3.29. The van der Waals surface area contributed by atoms with Gasteiger partial charge in [-0.2, -0.15) is 0 Å². The molecule has 0 spiro atoms. The van der Waals surface area contributed by atoms with Crippen molar-refractivity contribution in [3.63, 3.8) is 0 Å². The molecule has 0 aliphatic carbocycles. The van der Waals surface area contributed by atoms with Gasteiger partial charge in [0.25, 0.3) is 0 Å². The molecule has 1 aromatic carbocycles. The largest absolute Gasteiger partial charge is 0.573 e. The topological polar surface area (TPSA) is 39.4 Å². The molecule has 20 heavy (non-hydrogen) atoms. The van der Waals surface area contributed by atoms with Crippen LogP contribution in [0.25, 0.3) is 16.9 Å². The van der Waals surface area contributed by atoms with Crippen LogP contribution in [0.15, 0.2) is 49.1 Å². The number of imidazole rings is 1. The minimum absolute atomic E-state index is 0.258. The summed E-state index contributed by atoms with van der Waals surface area (Å²) in [6.07, 6.45) is 0.318. The number of hydrogen-bond acceptors (Lipinski definition) is 3. The Labute approximate surface area is 111 Å². The summed E-state index contributed by atoms with van der Waals surface area (Å²) >= 11 is 0. The van der Waals surface area contributed by atoms with Crippen LogP contribution in [0.5, 0.6) is 5.75 Å². The SMILES string of the molecule is FC(F)(F)Oc1ccc(-c2ccn3cncc3n2)cc1. The molecule has 0 fully saturated rings. The van der Waals surface area contributed by atoms with E-state index in [9.17, 15) is 13.2 Å². The zero-order valence-electron chi connectivity index (χ0n) is 10.0. The van der Waals surface area contributed by atoms with Crippen LogP contribution in [0.1, 0.15) is 0 Å². The summed E-state index contributed by atoms with van der Waals surface area (Å²) in [5, 5.41) is 0. The maximum atomic E-state index is 12.1. The normalized spacial score (nSPS) is 11.8. The average Bonchev–Trinajstić information content (AvgIpc) is 2.85. The highest BCUT2D eigenvalue weighted by atomic mass is 19.4. The Bertz CT molecular complexity index is 734. The van der Waals surface area contributed by atoms with Crippen LogP contribution in [0.3, 0.4) is 0 Å². The number of hydrogen-bond donors (Lipinski definition) is 0. The van der Waals surface area contributed by atoms with E-state index in [0.29, 0.717) is 16.9 Å². The van der Waals surface area contributed by atoms with Crippen molar-refractivity contribution in [3.05, 3.63) is 49.1 Å². The van der Waals surface area contributed by atoms with Gasteiger partial charge in [-0.3, -0.25) is 4.40 Å². The average molecular weight is 279 g/mol. The Balaban J connectivity index is 1.90. The fourth-order valence-corrected chi connectivity index (χ4v) is 1.80. The van der Waals surface area contributed by atoms with Crippen molar-refractivity contribution >= 4 is 5.65 Å². The van der Waals surface area contributed by atoms with Crippen molar-refractivity contribution in [2.75, 3.05) is 0 Å². The van der Waals surface area contributed by atoms with Gasteiger partial charge in [0, 0.05) is 11.8 Å². The van der Waals surface area contributed by atoms with Gasteiger partial charge in [0.2, 0.25) is 0 Å². The molecule has 0 unspecified atom stereocenters. The highest BCUT2D eigenvalue weighted by Gasteiger charge is 2.30. The van der Waals surface area contributed by atoms with Gasteiger partial charge in [0.15, 0.2) is 5.65 Å². The Morgan fingerprint density at radius 3 is 2.50 bits per heavy atom. The maximum absolute atomic E-state index is 12.1. The lowest BCUT2D eigenvalue weighted by molar-refractivity contribution is -0.274. The highest BCUT2D eigenvalue weighted by Crippen LogP contribution is 2.25. The van der Waals surface area contributed by atoms with Crippen LogP contribution >= 0.6 is 0 Å². The molecule has 0 bridgehead atoms. The molecular weight excluding hydrogens is 271 g/mol. The van der Waals surface area contributed by atoms with Gasteiger partial charge in [-0.1, -0.05) is 0 Å². The van der Waals surface area contributed by atoms with Gasteiger partial charge in [-0.15, -0.1) is 13.2 Å². The lowest BCUT2D eigenvalue weighted by atomic mass is 10.1. The van der Waals surface area contributed by atoms with Crippen LogP contribution in [0, 0.1) is 0 Å². The maximum Gasteiger partial charge on any atom is 0.573 e. The fraction of sp³-hybridized carbons (Fsp3) is 0.0769. The summed E-state index contributed by atoms with van der Waals surface area (Å²) in [6.45, 7) is 0. The molecule has 0 saturated heterocycles. The number of fused-ring (bicyclic) bond motifs is 1. The van der Waals surface area contributed by atoms with E-state index in [0.717, 1.165) is 0 Å². The third-order valence-corrected chi connectivity index (χ3v) is 2.66. The molecule has 3 aromatic rings. The lowest BCUT2D eigenvalue weighted by Gasteiger charge is -2.09. The van der Waals surface area contributed by atoms with E-state index >= 15 is 0 Å². The Morgan fingerprint density at radius 1 is 1.05 bits per heavy atom. The number of benzene rings is 1. The predicted molar refractivity (Wildman–Crippen MR) is 65.1 cm³/mol. The van der Waals surface area contributed by atoms with Crippen molar-refractivity contribution in [1.29, 1.82) is 0 Å². The molecule has 0 atom stereocenters. The quantitative estimate of drug-likeness (QED) is 0.722. The molecule has 0 aliphatic heterocycles. The van der Waals surface area contributed by atoms with E-state index in [1.54, 1.807) is 29.2 Å². The first-order valence-electron chi connectivity index (χ1n) is 5.66. The number of rotatable bonds is 2. The van der Waals surface area contributed by atoms with Gasteiger partial charge >= 0.3 is 6.36 Å². The minimum Gasteiger partial charge on any atom is -0.406 e. The second-order valence-corrected chi connectivity index (χ2v) is 4.04. The van der Waals surface area contributed by atoms with E-state index in [1.807, 2.05) is 0 Å². The van der Waals surface area contributed by atoms with E-state index < -0.39 is 6.36 Å². The van der Waals surface area contributed by atoms with Crippen molar-refractivity contribution in [2.45, 2.75) is 6.36 Å². The van der Waals surface area contributed by atoms with E-state index in [1.165, 1.54) is 24.3 Å². The zero-order chi connectivity index (χ0) is 14.2. The van der Waals surface area contributed by atoms with Crippen molar-refractivity contribution < 1.29 is 17.9 Å². The molecule has 0 saturated carbocycles. The molecule has 0 amide bonds. The lowest BCUT2D eigenvalue weighted by Crippen LogP contribution is -2.16. The van der Waals surface area contributed by atoms with E-state index in [4.69, 9.17) is 0 Å². The molecule has 3 rings (SSSR count). The Morgan fingerprint density at radius 2 is 1.80 bits per heavy atom. The summed E-state index contributed by atoms with van der Waals surface area (Å²) in [6, 6.07) is 7.32. The van der Waals surface area contributed by atoms with Crippen molar-refractivity contribution in [2.24, 2.45) is 0 Å². The van der Waals surface area contributed by atoms with Crippen molar-refractivity contribution in [3.8, 4) is 17.0 Å². The number of aromatic nitrogens is 3. The summed E-state index contributed by atoms with van der Waals surface area (Å²) < 4.78 is 41.7. The zero-order valence-corrected chi connectivity index (χ0v) is 10.0. The van der Waals surface area contributed by atoms with Gasteiger partial charge in [0.05, 0.1) is 11.9 Å². The first-order chi connectivity index (χ1) is 9.51. The second-order valence-electron chi connectivity index (χ2n) is 4.04. The second kappa shape index (κ2) is 4.52. The minimum atomic E-state index is -4.68. The van der Waals surface area contributed by atoms with Gasteiger partial charge < -0.3 is 4.74 Å². The number of alkyl halides is 3. The van der Waals surface area contributed by atoms with Crippen LogP contribution < -0.4 is 4.74 Å². The Kier molecular flexibility index (Phi) is 2.81. The van der Waals surface area contributed by atoms with Gasteiger partial charge in [0.1, 0.15) is 12.1 Å². The van der Waals surface area contributed by atoms with E-state index in [-0.39, 0.29) is 5.75 Å². The smallest absolute Gasteiger partial charge is 0.406 e. The number of nitrogens with zero attached hydrogens (tertiary/aromatic N) is 3. The Hall–Kier alpha value is -2.57. The first-order valence-corrected chi connectivity index (χ1v) is 5.66. The third kappa shape index (κ3) is 2.56. The monoisotopic (exact) mass is 279 g/mol. The third-order valence-electron chi connectivity index (χ3n) is 2.66. The molecule has 2 aromatic heterocycles. The summed E-state index contributed by atoms with van der Waals surface area (Å²) in [5.74, 6) is -0.258. The molecular formula is C13H8F3N3O.